The molecular weight excluding hydrogens is 264 g/mol. The molecule has 1 heterocycles. The Bertz CT molecular complexity index is 630. The van der Waals surface area contributed by atoms with Gasteiger partial charge >= 0.3 is 5.69 Å². The van der Waals surface area contributed by atoms with Crippen LogP contribution >= 0.6 is 12.2 Å². The predicted molar refractivity (Wildman–Crippen MR) is 75.3 cm³/mol. The number of nitrogens with two attached hydrogens (primary N) is 1. The van der Waals surface area contributed by atoms with Crippen LogP contribution in [0.4, 0.5) is 0 Å². The maximum absolute atomic E-state index is 11.5. The monoisotopic (exact) mass is 278 g/mol. The van der Waals surface area contributed by atoms with Crippen LogP contribution in [0.3, 0.4) is 0 Å². The normalized spacial score (nSPS) is 10.4. The minimum atomic E-state index is -0.160. The molecule has 0 saturated carbocycles. The van der Waals surface area contributed by atoms with Gasteiger partial charge in [0, 0.05) is 12.6 Å². The van der Waals surface area contributed by atoms with Gasteiger partial charge in [-0.3, -0.25) is 4.57 Å². The number of aromatic nitrogens is 3. The summed E-state index contributed by atoms with van der Waals surface area (Å²) in [4.78, 5) is 11.9. The third kappa shape index (κ3) is 3.19. The largest absolute Gasteiger partial charge is 0.492 e. The number of nitrogens with zero attached hydrogens (tertiary/aromatic N) is 3. The molecule has 2 rings (SSSR count). The summed E-state index contributed by atoms with van der Waals surface area (Å²) >= 11 is 4.86. The van der Waals surface area contributed by atoms with E-state index in [9.17, 15) is 4.79 Å². The van der Waals surface area contributed by atoms with Crippen LogP contribution in [-0.4, -0.2) is 25.9 Å². The molecule has 2 aromatic rings. The summed E-state index contributed by atoms with van der Waals surface area (Å²) in [6.07, 6.45) is 1.47. The van der Waals surface area contributed by atoms with Gasteiger partial charge in [-0.2, -0.15) is 5.10 Å². The number of hydrogen-bond donors (Lipinski definition) is 1. The summed E-state index contributed by atoms with van der Waals surface area (Å²) in [7, 11) is 1.65. The first kappa shape index (κ1) is 13.3. The first-order chi connectivity index (χ1) is 9.08. The van der Waals surface area contributed by atoms with Crippen LogP contribution in [0.5, 0.6) is 5.75 Å². The molecule has 0 aliphatic heterocycles. The van der Waals surface area contributed by atoms with Crippen molar-refractivity contribution in [2.75, 3.05) is 6.61 Å². The lowest BCUT2D eigenvalue weighted by molar-refractivity contribution is 0.288. The highest BCUT2D eigenvalue weighted by Gasteiger charge is 2.02. The molecule has 6 nitrogen and oxygen atoms in total. The average molecular weight is 278 g/mol. The van der Waals surface area contributed by atoms with Crippen LogP contribution in [-0.2, 0) is 13.6 Å². The molecule has 1 aromatic carbocycles. The highest BCUT2D eigenvalue weighted by Crippen LogP contribution is 2.11. The zero-order valence-corrected chi connectivity index (χ0v) is 11.3. The Labute approximate surface area is 115 Å². The average Bonchev–Trinajstić information content (AvgIpc) is 2.71. The molecule has 19 heavy (non-hydrogen) atoms. The quantitative estimate of drug-likeness (QED) is 0.796. The van der Waals surface area contributed by atoms with Crippen molar-refractivity contribution in [3.63, 3.8) is 0 Å². The Hall–Kier alpha value is -2.15. The van der Waals surface area contributed by atoms with Crippen LogP contribution in [0.15, 0.2) is 35.4 Å². The lowest BCUT2D eigenvalue weighted by Crippen LogP contribution is -2.25. The fourth-order valence-electron chi connectivity index (χ4n) is 1.54. The number of thiocarbonyl (C=S) groups is 1. The molecule has 0 unspecified atom stereocenters. The summed E-state index contributed by atoms with van der Waals surface area (Å²) in [5.74, 6) is 0.698. The molecule has 0 spiro atoms. The number of rotatable bonds is 5. The number of ether oxygens (including phenoxy) is 1. The van der Waals surface area contributed by atoms with E-state index in [0.717, 1.165) is 5.56 Å². The van der Waals surface area contributed by atoms with Gasteiger partial charge in [-0.1, -0.05) is 12.2 Å². The Kier molecular flexibility index (Phi) is 3.96. The lowest BCUT2D eigenvalue weighted by atomic mass is 10.2. The van der Waals surface area contributed by atoms with Crippen LogP contribution < -0.4 is 16.2 Å². The van der Waals surface area contributed by atoms with E-state index >= 15 is 0 Å². The van der Waals surface area contributed by atoms with Gasteiger partial charge in [-0.25, -0.2) is 9.48 Å². The van der Waals surface area contributed by atoms with Gasteiger partial charge in [0.25, 0.3) is 0 Å². The van der Waals surface area contributed by atoms with Gasteiger partial charge in [0.15, 0.2) is 0 Å². The van der Waals surface area contributed by atoms with E-state index in [2.05, 4.69) is 5.10 Å². The van der Waals surface area contributed by atoms with Gasteiger partial charge in [-0.15, -0.1) is 0 Å². The Balaban J connectivity index is 1.91. The molecule has 100 valence electrons. The second-order valence-electron chi connectivity index (χ2n) is 3.98. The predicted octanol–water partition coefficient (Wildman–Crippen LogP) is 0.295. The van der Waals surface area contributed by atoms with Gasteiger partial charge in [0.05, 0.1) is 6.54 Å². The van der Waals surface area contributed by atoms with E-state index in [0.29, 0.717) is 23.9 Å². The molecule has 0 aliphatic carbocycles. The van der Waals surface area contributed by atoms with Crippen LogP contribution in [0.1, 0.15) is 5.56 Å². The third-order valence-corrected chi connectivity index (χ3v) is 2.83. The van der Waals surface area contributed by atoms with E-state index in [-0.39, 0.29) is 5.69 Å². The van der Waals surface area contributed by atoms with Gasteiger partial charge in [0.2, 0.25) is 0 Å². The molecule has 0 amide bonds. The number of benzene rings is 1. The summed E-state index contributed by atoms with van der Waals surface area (Å²) in [6, 6.07) is 7.17. The molecule has 0 saturated heterocycles. The molecule has 2 N–H and O–H groups in total. The second kappa shape index (κ2) is 5.66. The molecule has 7 heteroatoms. The van der Waals surface area contributed by atoms with Gasteiger partial charge < -0.3 is 10.5 Å². The minimum Gasteiger partial charge on any atom is -0.492 e. The SMILES string of the molecule is Cn1cnn(CCOc2ccc(C(N)=S)cc2)c1=O. The van der Waals surface area contributed by atoms with Crippen molar-refractivity contribution in [2.45, 2.75) is 6.54 Å². The molecule has 0 aliphatic rings. The smallest absolute Gasteiger partial charge is 0.345 e. The van der Waals surface area contributed by atoms with Crippen molar-refractivity contribution in [3.05, 3.63) is 46.6 Å². The molecular formula is C12H14N4O2S. The zero-order chi connectivity index (χ0) is 13.8. The summed E-state index contributed by atoms with van der Waals surface area (Å²) < 4.78 is 8.28. The van der Waals surface area contributed by atoms with E-state index in [4.69, 9.17) is 22.7 Å². The maximum atomic E-state index is 11.5. The summed E-state index contributed by atoms with van der Waals surface area (Å²) in [6.45, 7) is 0.764. The van der Waals surface area contributed by atoms with E-state index in [1.807, 2.05) is 0 Å². The molecule has 0 fully saturated rings. The standard InChI is InChI=1S/C12H14N4O2S/c1-15-8-14-16(12(15)17)6-7-18-10-4-2-9(3-5-10)11(13)19/h2-5,8H,6-7H2,1H3,(H2,13,19). The van der Waals surface area contributed by atoms with Crippen molar-refractivity contribution >= 4 is 17.2 Å². The number of aryl methyl sites for hydroxylation is 1. The van der Waals surface area contributed by atoms with Crippen LogP contribution in [0.2, 0.25) is 0 Å². The molecule has 1 aromatic heterocycles. The van der Waals surface area contributed by atoms with Gasteiger partial charge in [-0.05, 0) is 24.3 Å². The van der Waals surface area contributed by atoms with E-state index < -0.39 is 0 Å². The van der Waals surface area contributed by atoms with E-state index in [1.165, 1.54) is 15.6 Å². The molecule has 0 radical (unpaired) electrons. The summed E-state index contributed by atoms with van der Waals surface area (Å²) in [5.41, 5.74) is 6.14. The first-order valence-electron chi connectivity index (χ1n) is 5.69. The second-order valence-corrected chi connectivity index (χ2v) is 4.42. The van der Waals surface area contributed by atoms with E-state index in [1.54, 1.807) is 31.3 Å². The Morgan fingerprint density at radius 3 is 2.63 bits per heavy atom. The summed E-state index contributed by atoms with van der Waals surface area (Å²) in [5, 5.41) is 3.94. The Morgan fingerprint density at radius 1 is 1.42 bits per heavy atom. The van der Waals surface area contributed by atoms with Crippen molar-refractivity contribution in [3.8, 4) is 5.75 Å². The molecule has 0 atom stereocenters. The van der Waals surface area contributed by atoms with Crippen molar-refractivity contribution in [1.29, 1.82) is 0 Å². The fraction of sp³-hybridized carbons (Fsp3) is 0.250. The highest BCUT2D eigenvalue weighted by atomic mass is 32.1. The van der Waals surface area contributed by atoms with Crippen LogP contribution in [0.25, 0.3) is 0 Å². The maximum Gasteiger partial charge on any atom is 0.345 e. The molecule has 0 bridgehead atoms. The highest BCUT2D eigenvalue weighted by molar-refractivity contribution is 7.80. The van der Waals surface area contributed by atoms with Crippen molar-refractivity contribution in [2.24, 2.45) is 12.8 Å². The van der Waals surface area contributed by atoms with Crippen molar-refractivity contribution < 1.29 is 4.74 Å². The minimum absolute atomic E-state index is 0.160. The zero-order valence-electron chi connectivity index (χ0n) is 10.4. The number of hydrogen-bond acceptors (Lipinski definition) is 4. The van der Waals surface area contributed by atoms with Crippen molar-refractivity contribution in [1.82, 2.24) is 14.3 Å². The lowest BCUT2D eigenvalue weighted by Gasteiger charge is -2.06. The topological polar surface area (TPSA) is 75.1 Å². The Morgan fingerprint density at radius 2 is 2.11 bits per heavy atom. The third-order valence-electron chi connectivity index (χ3n) is 2.60. The fourth-order valence-corrected chi connectivity index (χ4v) is 1.68. The first-order valence-corrected chi connectivity index (χ1v) is 6.10. The van der Waals surface area contributed by atoms with Crippen LogP contribution in [0, 0.1) is 0 Å². The van der Waals surface area contributed by atoms with Gasteiger partial charge in [0.1, 0.15) is 23.7 Å².